The molecule has 1 aliphatic rings. The highest BCUT2D eigenvalue weighted by Gasteiger charge is 2.31. The molecule has 2 rings (SSSR count). The van der Waals surface area contributed by atoms with Crippen LogP contribution >= 0.6 is 0 Å². The smallest absolute Gasteiger partial charge is 0.410 e. The van der Waals surface area contributed by atoms with E-state index in [0.717, 1.165) is 5.56 Å². The van der Waals surface area contributed by atoms with Crippen LogP contribution in [0, 0.1) is 0 Å². The van der Waals surface area contributed by atoms with Crippen molar-refractivity contribution in [1.82, 2.24) is 9.80 Å². The SMILES string of the molecule is CC(C)(C)OC(=O)N1CCC(CN)N(C(=O)OCc2ccccc2)CC1. The second-order valence-electron chi connectivity index (χ2n) is 7.38. The van der Waals surface area contributed by atoms with Gasteiger partial charge in [0.1, 0.15) is 12.2 Å². The fraction of sp³-hybridized carbons (Fsp3) is 0.579. The maximum absolute atomic E-state index is 12.5. The molecule has 2 N–H and O–H groups in total. The van der Waals surface area contributed by atoms with Crippen LogP contribution in [0.3, 0.4) is 0 Å². The maximum Gasteiger partial charge on any atom is 0.410 e. The molecule has 1 fully saturated rings. The molecule has 0 radical (unpaired) electrons. The van der Waals surface area contributed by atoms with Gasteiger partial charge in [-0.2, -0.15) is 0 Å². The Balaban J connectivity index is 1.95. The van der Waals surface area contributed by atoms with Crippen LogP contribution in [0.4, 0.5) is 9.59 Å². The van der Waals surface area contributed by atoms with Gasteiger partial charge >= 0.3 is 12.2 Å². The summed E-state index contributed by atoms with van der Waals surface area (Å²) in [7, 11) is 0. The van der Waals surface area contributed by atoms with Crippen LogP contribution in [0.1, 0.15) is 32.8 Å². The van der Waals surface area contributed by atoms with Crippen LogP contribution in [0.2, 0.25) is 0 Å². The number of carbonyl (C=O) groups is 2. The largest absolute Gasteiger partial charge is 0.445 e. The number of hydrogen-bond acceptors (Lipinski definition) is 5. The normalized spacial score (nSPS) is 18.2. The lowest BCUT2D eigenvalue weighted by Gasteiger charge is -2.27. The van der Waals surface area contributed by atoms with E-state index in [-0.39, 0.29) is 18.7 Å². The molecular weight excluding hydrogens is 334 g/mol. The molecule has 0 aliphatic carbocycles. The van der Waals surface area contributed by atoms with Gasteiger partial charge in [-0.3, -0.25) is 0 Å². The summed E-state index contributed by atoms with van der Waals surface area (Å²) in [6.45, 7) is 7.29. The topological polar surface area (TPSA) is 85.1 Å². The van der Waals surface area contributed by atoms with E-state index in [1.54, 1.807) is 9.80 Å². The molecule has 26 heavy (non-hydrogen) atoms. The monoisotopic (exact) mass is 363 g/mol. The van der Waals surface area contributed by atoms with E-state index in [1.807, 2.05) is 51.1 Å². The lowest BCUT2D eigenvalue weighted by atomic mass is 10.2. The van der Waals surface area contributed by atoms with Gasteiger partial charge in [0.05, 0.1) is 0 Å². The molecule has 7 nitrogen and oxygen atoms in total. The predicted molar refractivity (Wildman–Crippen MR) is 98.6 cm³/mol. The molecule has 0 spiro atoms. The summed E-state index contributed by atoms with van der Waals surface area (Å²) in [4.78, 5) is 28.0. The number of carbonyl (C=O) groups excluding carboxylic acids is 2. The summed E-state index contributed by atoms with van der Waals surface area (Å²) < 4.78 is 10.9. The molecule has 1 unspecified atom stereocenters. The molecule has 1 aromatic rings. The van der Waals surface area contributed by atoms with E-state index in [2.05, 4.69) is 0 Å². The number of ether oxygens (including phenoxy) is 2. The average Bonchev–Trinajstić information content (AvgIpc) is 2.81. The molecule has 1 aromatic carbocycles. The summed E-state index contributed by atoms with van der Waals surface area (Å²) in [6, 6.07) is 9.36. The van der Waals surface area contributed by atoms with Crippen LogP contribution in [0.5, 0.6) is 0 Å². The van der Waals surface area contributed by atoms with Crippen molar-refractivity contribution in [3.05, 3.63) is 35.9 Å². The fourth-order valence-corrected chi connectivity index (χ4v) is 2.78. The Hall–Kier alpha value is -2.28. The van der Waals surface area contributed by atoms with Gasteiger partial charge in [-0.1, -0.05) is 30.3 Å². The summed E-state index contributed by atoms with van der Waals surface area (Å²) in [5.74, 6) is 0. The Bertz CT molecular complexity index is 601. The first kappa shape index (κ1) is 20.0. The van der Waals surface area contributed by atoms with Gasteiger partial charge < -0.3 is 25.0 Å². The maximum atomic E-state index is 12.5. The lowest BCUT2D eigenvalue weighted by molar-refractivity contribution is 0.0255. The highest BCUT2D eigenvalue weighted by molar-refractivity contribution is 5.70. The standard InChI is InChI=1S/C19H29N3O4/c1-19(2,3)26-17(23)21-10-9-16(13-20)22(12-11-21)18(24)25-14-15-7-5-4-6-8-15/h4-8,16H,9-14,20H2,1-3H3. The van der Waals surface area contributed by atoms with E-state index >= 15 is 0 Å². The Labute approximate surface area is 155 Å². The Morgan fingerprint density at radius 3 is 2.42 bits per heavy atom. The molecule has 2 amide bonds. The minimum atomic E-state index is -0.551. The van der Waals surface area contributed by atoms with E-state index in [0.29, 0.717) is 32.6 Å². The van der Waals surface area contributed by atoms with Crippen molar-refractivity contribution in [3.63, 3.8) is 0 Å². The van der Waals surface area contributed by atoms with Crippen molar-refractivity contribution in [2.24, 2.45) is 5.73 Å². The van der Waals surface area contributed by atoms with Crippen molar-refractivity contribution in [2.75, 3.05) is 26.2 Å². The highest BCUT2D eigenvalue weighted by Crippen LogP contribution is 2.16. The molecule has 1 aliphatic heterocycles. The van der Waals surface area contributed by atoms with Gasteiger partial charge in [0.2, 0.25) is 0 Å². The molecule has 1 saturated heterocycles. The van der Waals surface area contributed by atoms with E-state index in [9.17, 15) is 9.59 Å². The molecule has 1 heterocycles. The number of hydrogen-bond donors (Lipinski definition) is 1. The number of nitrogens with two attached hydrogens (primary N) is 1. The summed E-state index contributed by atoms with van der Waals surface area (Å²) >= 11 is 0. The van der Waals surface area contributed by atoms with E-state index in [4.69, 9.17) is 15.2 Å². The Kier molecular flexibility index (Phi) is 6.85. The number of amides is 2. The third-order valence-corrected chi connectivity index (χ3v) is 4.15. The van der Waals surface area contributed by atoms with Crippen LogP contribution in [-0.4, -0.2) is 59.8 Å². The van der Waals surface area contributed by atoms with Crippen molar-refractivity contribution in [3.8, 4) is 0 Å². The van der Waals surface area contributed by atoms with Crippen LogP contribution in [-0.2, 0) is 16.1 Å². The van der Waals surface area contributed by atoms with Crippen molar-refractivity contribution in [1.29, 1.82) is 0 Å². The van der Waals surface area contributed by atoms with Gasteiger partial charge in [0.15, 0.2) is 0 Å². The first-order valence-corrected chi connectivity index (χ1v) is 8.95. The Morgan fingerprint density at radius 2 is 1.81 bits per heavy atom. The third kappa shape index (κ3) is 5.91. The quantitative estimate of drug-likeness (QED) is 0.892. The minimum absolute atomic E-state index is 0.161. The zero-order valence-corrected chi connectivity index (χ0v) is 15.8. The van der Waals surface area contributed by atoms with Crippen molar-refractivity contribution in [2.45, 2.75) is 45.4 Å². The average molecular weight is 363 g/mol. The number of benzene rings is 1. The molecule has 144 valence electrons. The van der Waals surface area contributed by atoms with Crippen LogP contribution in [0.25, 0.3) is 0 Å². The van der Waals surface area contributed by atoms with Crippen molar-refractivity contribution >= 4 is 12.2 Å². The molecule has 0 aromatic heterocycles. The lowest BCUT2D eigenvalue weighted by Crippen LogP contribution is -2.45. The van der Waals surface area contributed by atoms with E-state index in [1.165, 1.54) is 0 Å². The fourth-order valence-electron chi connectivity index (χ4n) is 2.78. The van der Waals surface area contributed by atoms with E-state index < -0.39 is 11.7 Å². The highest BCUT2D eigenvalue weighted by atomic mass is 16.6. The summed E-state index contributed by atoms with van der Waals surface area (Å²) in [6.07, 6.45) is -0.181. The molecule has 7 heteroatoms. The summed E-state index contributed by atoms with van der Waals surface area (Å²) in [5, 5.41) is 0. The molecule has 1 atom stereocenters. The second kappa shape index (κ2) is 8.89. The number of nitrogens with zero attached hydrogens (tertiary/aromatic N) is 2. The third-order valence-electron chi connectivity index (χ3n) is 4.15. The van der Waals surface area contributed by atoms with Crippen molar-refractivity contribution < 1.29 is 19.1 Å². The molecular formula is C19H29N3O4. The van der Waals surface area contributed by atoms with Crippen LogP contribution in [0.15, 0.2) is 30.3 Å². The minimum Gasteiger partial charge on any atom is -0.445 e. The van der Waals surface area contributed by atoms with Gasteiger partial charge in [-0.15, -0.1) is 0 Å². The number of rotatable bonds is 3. The zero-order chi connectivity index (χ0) is 19.2. The van der Waals surface area contributed by atoms with Gasteiger partial charge in [0.25, 0.3) is 0 Å². The molecule has 0 saturated carbocycles. The van der Waals surface area contributed by atoms with Gasteiger partial charge in [0, 0.05) is 32.2 Å². The van der Waals surface area contributed by atoms with Gasteiger partial charge in [-0.05, 0) is 32.8 Å². The zero-order valence-electron chi connectivity index (χ0n) is 15.8. The van der Waals surface area contributed by atoms with Gasteiger partial charge in [-0.25, -0.2) is 9.59 Å². The summed E-state index contributed by atoms with van der Waals surface area (Å²) in [5.41, 5.74) is 6.22. The first-order valence-electron chi connectivity index (χ1n) is 8.95. The first-order chi connectivity index (χ1) is 12.3. The second-order valence-corrected chi connectivity index (χ2v) is 7.38. The van der Waals surface area contributed by atoms with Crippen LogP contribution < -0.4 is 5.73 Å². The molecule has 0 bridgehead atoms. The predicted octanol–water partition coefficient (Wildman–Crippen LogP) is 2.59. The Morgan fingerprint density at radius 1 is 1.12 bits per heavy atom.